The van der Waals surface area contributed by atoms with Gasteiger partial charge in [-0.1, -0.05) is 35.9 Å². The standard InChI is InChI=1S/C7H8.C5H12N2.2ClH.H2O/c1-7-5-3-2-4-6-7;6-5-1-3-7-4-2-5;;;/h2-6H,1H3;5,7H,1-4,6H2;2*1H;1H2. The average molecular weight is 283 g/mol. The fourth-order valence-electron chi connectivity index (χ4n) is 1.38. The number of benzene rings is 1. The van der Waals surface area contributed by atoms with Crippen molar-refractivity contribution in [2.24, 2.45) is 5.73 Å². The van der Waals surface area contributed by atoms with Crippen LogP contribution in [0.4, 0.5) is 0 Å². The Morgan fingerprint density at radius 1 is 1.06 bits per heavy atom. The van der Waals surface area contributed by atoms with Crippen LogP contribution in [0.5, 0.6) is 0 Å². The predicted molar refractivity (Wildman–Crippen MR) is 79.4 cm³/mol. The number of aryl methyl sites for hydroxylation is 1. The molecule has 102 valence electrons. The molecule has 1 aliphatic heterocycles. The Bertz CT molecular complexity index is 242. The molecule has 1 aromatic rings. The van der Waals surface area contributed by atoms with E-state index >= 15 is 0 Å². The van der Waals surface area contributed by atoms with Crippen molar-refractivity contribution in [2.75, 3.05) is 13.1 Å². The summed E-state index contributed by atoms with van der Waals surface area (Å²) in [5, 5.41) is 3.24. The molecule has 1 aliphatic rings. The van der Waals surface area contributed by atoms with E-state index in [1.165, 1.54) is 5.56 Å². The van der Waals surface area contributed by atoms with Crippen LogP contribution in [0.1, 0.15) is 18.4 Å². The van der Waals surface area contributed by atoms with Crippen molar-refractivity contribution in [2.45, 2.75) is 25.8 Å². The molecule has 1 fully saturated rings. The van der Waals surface area contributed by atoms with Crippen molar-refractivity contribution in [1.82, 2.24) is 5.32 Å². The maximum absolute atomic E-state index is 5.59. The predicted octanol–water partition coefficient (Wildman–Crippen LogP) is 1.71. The number of piperidine rings is 1. The fourth-order valence-corrected chi connectivity index (χ4v) is 1.38. The number of rotatable bonds is 0. The molecule has 0 spiro atoms. The quantitative estimate of drug-likeness (QED) is 0.761. The largest absolute Gasteiger partial charge is 0.412 e. The number of nitrogens with one attached hydrogen (secondary N) is 1. The molecule has 0 unspecified atom stereocenters. The monoisotopic (exact) mass is 282 g/mol. The summed E-state index contributed by atoms with van der Waals surface area (Å²) in [5.41, 5.74) is 6.92. The molecule has 0 saturated carbocycles. The van der Waals surface area contributed by atoms with Crippen LogP contribution >= 0.6 is 24.8 Å². The summed E-state index contributed by atoms with van der Waals surface area (Å²) in [5.74, 6) is 0. The molecule has 3 nitrogen and oxygen atoms in total. The zero-order chi connectivity index (χ0) is 10.2. The summed E-state index contributed by atoms with van der Waals surface area (Å²) in [7, 11) is 0. The third-order valence-electron chi connectivity index (χ3n) is 2.32. The first-order chi connectivity index (χ1) is 6.79. The number of nitrogens with two attached hydrogens (primary N) is 1. The molecule has 0 aromatic heterocycles. The summed E-state index contributed by atoms with van der Waals surface area (Å²) in [6.45, 7) is 4.31. The highest BCUT2D eigenvalue weighted by Gasteiger charge is 2.05. The van der Waals surface area contributed by atoms with Gasteiger partial charge in [-0.05, 0) is 32.9 Å². The molecule has 2 rings (SSSR count). The molecule has 0 aliphatic carbocycles. The minimum absolute atomic E-state index is 0. The van der Waals surface area contributed by atoms with E-state index in [4.69, 9.17) is 5.73 Å². The van der Waals surface area contributed by atoms with Gasteiger partial charge >= 0.3 is 0 Å². The van der Waals surface area contributed by atoms with Gasteiger partial charge in [0, 0.05) is 6.04 Å². The van der Waals surface area contributed by atoms with Crippen LogP contribution in [0.15, 0.2) is 30.3 Å². The Morgan fingerprint density at radius 3 is 1.76 bits per heavy atom. The molecule has 1 aromatic carbocycles. The first-order valence-electron chi connectivity index (χ1n) is 5.27. The maximum atomic E-state index is 5.59. The highest BCUT2D eigenvalue weighted by atomic mass is 35.5. The summed E-state index contributed by atoms with van der Waals surface area (Å²) >= 11 is 0. The third kappa shape index (κ3) is 11.9. The third-order valence-corrected chi connectivity index (χ3v) is 2.32. The van der Waals surface area contributed by atoms with Crippen molar-refractivity contribution in [3.8, 4) is 0 Å². The van der Waals surface area contributed by atoms with E-state index in [-0.39, 0.29) is 30.3 Å². The molecule has 0 bridgehead atoms. The van der Waals surface area contributed by atoms with Crippen LogP contribution in [0, 0.1) is 6.92 Å². The first-order valence-corrected chi connectivity index (χ1v) is 5.27. The zero-order valence-corrected chi connectivity index (χ0v) is 11.8. The zero-order valence-electron chi connectivity index (χ0n) is 10.2. The molecular weight excluding hydrogens is 259 g/mol. The smallest absolute Gasteiger partial charge is 0.00629 e. The Kier molecular flexibility index (Phi) is 17.7. The van der Waals surface area contributed by atoms with Gasteiger partial charge < -0.3 is 16.5 Å². The Labute approximate surface area is 116 Å². The summed E-state index contributed by atoms with van der Waals surface area (Å²) < 4.78 is 0. The van der Waals surface area contributed by atoms with Crippen molar-refractivity contribution < 1.29 is 5.48 Å². The highest BCUT2D eigenvalue weighted by molar-refractivity contribution is 5.85. The summed E-state index contributed by atoms with van der Waals surface area (Å²) in [6.07, 6.45) is 2.31. The van der Waals surface area contributed by atoms with Crippen molar-refractivity contribution in [3.05, 3.63) is 35.9 Å². The van der Waals surface area contributed by atoms with Gasteiger partial charge in [0.15, 0.2) is 0 Å². The van der Waals surface area contributed by atoms with Crippen LogP contribution in [0.2, 0.25) is 0 Å². The molecule has 0 amide bonds. The van der Waals surface area contributed by atoms with E-state index in [1.54, 1.807) is 0 Å². The van der Waals surface area contributed by atoms with Gasteiger partial charge in [-0.25, -0.2) is 0 Å². The number of halogens is 2. The summed E-state index contributed by atoms with van der Waals surface area (Å²) in [4.78, 5) is 0. The Morgan fingerprint density at radius 2 is 1.53 bits per heavy atom. The van der Waals surface area contributed by atoms with Gasteiger partial charge in [-0.15, -0.1) is 24.8 Å². The van der Waals surface area contributed by atoms with Gasteiger partial charge in [-0.2, -0.15) is 0 Å². The minimum Gasteiger partial charge on any atom is -0.412 e. The second kappa shape index (κ2) is 13.7. The van der Waals surface area contributed by atoms with Crippen LogP contribution in [0.25, 0.3) is 0 Å². The van der Waals surface area contributed by atoms with Gasteiger partial charge in [0.05, 0.1) is 0 Å². The topological polar surface area (TPSA) is 69.5 Å². The van der Waals surface area contributed by atoms with E-state index < -0.39 is 0 Å². The lowest BCUT2D eigenvalue weighted by atomic mass is 10.1. The lowest BCUT2D eigenvalue weighted by Gasteiger charge is -2.17. The second-order valence-corrected chi connectivity index (χ2v) is 3.74. The fraction of sp³-hybridized carbons (Fsp3) is 0.500. The average Bonchev–Trinajstić information content (AvgIpc) is 2.21. The number of hydrogen-bond donors (Lipinski definition) is 2. The second-order valence-electron chi connectivity index (χ2n) is 3.74. The van der Waals surface area contributed by atoms with Gasteiger partial charge in [0.2, 0.25) is 0 Å². The van der Waals surface area contributed by atoms with E-state index in [0.29, 0.717) is 6.04 Å². The molecule has 17 heavy (non-hydrogen) atoms. The molecule has 0 atom stereocenters. The molecule has 5 heteroatoms. The molecule has 1 heterocycles. The SMILES string of the molecule is Cc1ccccc1.Cl.Cl.NC1CCNCC1.O. The van der Waals surface area contributed by atoms with E-state index in [9.17, 15) is 0 Å². The van der Waals surface area contributed by atoms with Gasteiger partial charge in [-0.3, -0.25) is 0 Å². The normalized spacial score (nSPS) is 14.0. The highest BCUT2D eigenvalue weighted by Crippen LogP contribution is 1.96. The molecule has 1 saturated heterocycles. The van der Waals surface area contributed by atoms with Crippen LogP contribution in [-0.4, -0.2) is 24.6 Å². The lowest BCUT2D eigenvalue weighted by Crippen LogP contribution is -2.35. The van der Waals surface area contributed by atoms with Crippen molar-refractivity contribution in [3.63, 3.8) is 0 Å². The van der Waals surface area contributed by atoms with Crippen LogP contribution in [0.3, 0.4) is 0 Å². The minimum atomic E-state index is 0. The maximum Gasteiger partial charge on any atom is 0.00629 e. The Hall–Kier alpha value is -0.320. The van der Waals surface area contributed by atoms with E-state index in [2.05, 4.69) is 24.4 Å². The lowest BCUT2D eigenvalue weighted by molar-refractivity contribution is 0.458. The van der Waals surface area contributed by atoms with Crippen molar-refractivity contribution in [1.29, 1.82) is 0 Å². The summed E-state index contributed by atoms with van der Waals surface area (Å²) in [6, 6.07) is 10.7. The van der Waals surface area contributed by atoms with Crippen LogP contribution in [-0.2, 0) is 0 Å². The van der Waals surface area contributed by atoms with E-state index in [1.807, 2.05) is 18.2 Å². The van der Waals surface area contributed by atoms with Gasteiger partial charge in [0.1, 0.15) is 0 Å². The van der Waals surface area contributed by atoms with Crippen molar-refractivity contribution >= 4 is 24.8 Å². The Balaban J connectivity index is -0.000000196. The molecular formula is C12H24Cl2N2O. The van der Waals surface area contributed by atoms with Crippen LogP contribution < -0.4 is 11.1 Å². The molecule has 0 radical (unpaired) electrons. The van der Waals surface area contributed by atoms with E-state index in [0.717, 1.165) is 25.9 Å². The number of hydrogen-bond acceptors (Lipinski definition) is 2. The van der Waals surface area contributed by atoms with Gasteiger partial charge in [0.25, 0.3) is 0 Å². The first kappa shape index (κ1) is 21.9. The molecule has 5 N–H and O–H groups in total.